The van der Waals surface area contributed by atoms with E-state index in [1.165, 1.54) is 6.07 Å². The van der Waals surface area contributed by atoms with Crippen LogP contribution >= 0.6 is 24.0 Å². The summed E-state index contributed by atoms with van der Waals surface area (Å²) in [4.78, 5) is 20.2. The lowest BCUT2D eigenvalue weighted by Crippen LogP contribution is -2.40. The zero-order valence-corrected chi connectivity index (χ0v) is 18.5. The highest BCUT2D eigenvalue weighted by molar-refractivity contribution is 14.0. The van der Waals surface area contributed by atoms with Gasteiger partial charge < -0.3 is 20.4 Å². The van der Waals surface area contributed by atoms with Gasteiger partial charge in [-0.3, -0.25) is 4.79 Å². The summed E-state index contributed by atoms with van der Waals surface area (Å²) in [5.41, 5.74) is 0.601. The molecule has 1 aliphatic rings. The third-order valence-electron chi connectivity index (χ3n) is 4.40. The number of nitrogens with one attached hydrogen (secondary N) is 2. The van der Waals surface area contributed by atoms with Crippen molar-refractivity contribution in [2.75, 3.05) is 51.2 Å². The van der Waals surface area contributed by atoms with Crippen molar-refractivity contribution in [3.8, 4) is 0 Å². The number of amides is 1. The molecule has 0 unspecified atom stereocenters. The van der Waals surface area contributed by atoms with Gasteiger partial charge in [-0.05, 0) is 38.3 Å². The fourth-order valence-corrected chi connectivity index (χ4v) is 2.96. The minimum atomic E-state index is -0.210. The van der Waals surface area contributed by atoms with Crippen molar-refractivity contribution in [2.24, 2.45) is 4.99 Å². The van der Waals surface area contributed by atoms with Crippen LogP contribution in [0.2, 0.25) is 0 Å². The zero-order valence-electron chi connectivity index (χ0n) is 16.2. The van der Waals surface area contributed by atoms with Gasteiger partial charge in [-0.1, -0.05) is 12.1 Å². The molecular weight excluding hydrogens is 460 g/mol. The first kappa shape index (κ1) is 23.5. The summed E-state index contributed by atoms with van der Waals surface area (Å²) in [6.45, 7) is 6.01. The Morgan fingerprint density at radius 2 is 1.96 bits per heavy atom. The number of anilines is 1. The number of likely N-dealkylation sites (tertiary alicyclic amines) is 1. The number of carbonyl (C=O) groups is 1. The maximum atomic E-state index is 13.8. The first-order valence-electron chi connectivity index (χ1n) is 9.37. The number of nitrogens with zero attached hydrogens (tertiary/aromatic N) is 3. The van der Waals surface area contributed by atoms with E-state index in [0.29, 0.717) is 18.2 Å². The Kier molecular flexibility index (Phi) is 11.1. The molecule has 0 radical (unpaired) electrons. The molecule has 27 heavy (non-hydrogen) atoms. The van der Waals surface area contributed by atoms with Crippen molar-refractivity contribution in [1.82, 2.24) is 15.5 Å². The van der Waals surface area contributed by atoms with Crippen molar-refractivity contribution in [1.29, 1.82) is 0 Å². The molecule has 1 saturated heterocycles. The van der Waals surface area contributed by atoms with Crippen molar-refractivity contribution in [3.63, 3.8) is 0 Å². The Hall–Kier alpha value is -1.58. The zero-order chi connectivity index (χ0) is 18.8. The Morgan fingerprint density at radius 3 is 2.63 bits per heavy atom. The molecule has 1 aromatic carbocycles. The van der Waals surface area contributed by atoms with E-state index in [9.17, 15) is 9.18 Å². The van der Waals surface area contributed by atoms with E-state index in [0.717, 1.165) is 45.4 Å². The second-order valence-corrected chi connectivity index (χ2v) is 6.44. The number of rotatable bonds is 8. The third-order valence-corrected chi connectivity index (χ3v) is 4.40. The maximum Gasteiger partial charge on any atom is 0.244 e. The summed E-state index contributed by atoms with van der Waals surface area (Å²) >= 11 is 0. The monoisotopic (exact) mass is 491 g/mol. The van der Waals surface area contributed by atoms with E-state index in [1.54, 1.807) is 12.1 Å². The minimum Gasteiger partial charge on any atom is -0.372 e. The number of halogens is 2. The van der Waals surface area contributed by atoms with Crippen molar-refractivity contribution >= 4 is 41.5 Å². The molecular formula is C19H31FIN5O. The van der Waals surface area contributed by atoms with Crippen LogP contribution in [0.1, 0.15) is 26.2 Å². The Labute approximate surface area is 178 Å². The van der Waals surface area contributed by atoms with Crippen LogP contribution in [0.5, 0.6) is 0 Å². The van der Waals surface area contributed by atoms with Crippen LogP contribution in [0.3, 0.4) is 0 Å². The third kappa shape index (κ3) is 7.90. The van der Waals surface area contributed by atoms with Crippen molar-refractivity contribution in [3.05, 3.63) is 30.1 Å². The predicted octanol–water partition coefficient (Wildman–Crippen LogP) is 2.45. The fourth-order valence-electron chi connectivity index (χ4n) is 2.96. The number of hydrogen-bond acceptors (Lipinski definition) is 3. The summed E-state index contributed by atoms with van der Waals surface area (Å²) in [6.07, 6.45) is 3.00. The van der Waals surface area contributed by atoms with Crippen LogP contribution in [0.15, 0.2) is 29.3 Å². The first-order valence-corrected chi connectivity index (χ1v) is 9.37. The smallest absolute Gasteiger partial charge is 0.244 e. The molecule has 0 aromatic heterocycles. The predicted molar refractivity (Wildman–Crippen MR) is 119 cm³/mol. The van der Waals surface area contributed by atoms with E-state index in [2.05, 4.69) is 15.6 Å². The molecule has 6 nitrogen and oxygen atoms in total. The standard InChI is InChI=1S/C19H30FN5O.HI/c1-3-21-19(23-15-18(26)25-13-6-7-14-25)22-11-8-12-24(2)17-10-5-4-9-16(17)20;/h4-5,9-10H,3,6-8,11-15H2,1-2H3,(H2,21,22,23);1H. The molecule has 1 heterocycles. The normalized spacial score (nSPS) is 13.9. The average molecular weight is 491 g/mol. The quantitative estimate of drug-likeness (QED) is 0.254. The molecule has 1 aromatic rings. The lowest BCUT2D eigenvalue weighted by atomic mass is 10.2. The maximum absolute atomic E-state index is 13.8. The number of hydrogen-bond donors (Lipinski definition) is 2. The van der Waals surface area contributed by atoms with Gasteiger partial charge in [-0.15, -0.1) is 24.0 Å². The number of aliphatic imine (C=N–C) groups is 1. The van der Waals surface area contributed by atoms with Gasteiger partial charge in [-0.25, -0.2) is 9.38 Å². The van der Waals surface area contributed by atoms with E-state index in [1.807, 2.05) is 29.8 Å². The van der Waals surface area contributed by atoms with Crippen molar-refractivity contribution < 1.29 is 9.18 Å². The van der Waals surface area contributed by atoms with Crippen LogP contribution in [0.4, 0.5) is 10.1 Å². The van der Waals surface area contributed by atoms with E-state index in [4.69, 9.17) is 0 Å². The molecule has 152 valence electrons. The topological polar surface area (TPSA) is 60.0 Å². The SMILES string of the molecule is CCNC(=NCC(=O)N1CCCC1)NCCCN(C)c1ccccc1F.I. The molecule has 1 aliphatic heterocycles. The molecule has 0 atom stereocenters. The van der Waals surface area contributed by atoms with Gasteiger partial charge in [0.25, 0.3) is 0 Å². The molecule has 2 N–H and O–H groups in total. The molecule has 2 rings (SSSR count). The highest BCUT2D eigenvalue weighted by atomic mass is 127. The van der Waals surface area contributed by atoms with E-state index >= 15 is 0 Å². The lowest BCUT2D eigenvalue weighted by Gasteiger charge is -2.20. The van der Waals surface area contributed by atoms with Crippen LogP contribution in [0, 0.1) is 5.82 Å². The number of benzene rings is 1. The summed E-state index contributed by atoms with van der Waals surface area (Å²) in [5, 5.41) is 6.39. The number of carbonyl (C=O) groups excluding carboxylic acids is 1. The van der Waals surface area contributed by atoms with Gasteiger partial charge in [0, 0.05) is 39.8 Å². The second kappa shape index (κ2) is 12.7. The Bertz CT molecular complexity index is 608. The summed E-state index contributed by atoms with van der Waals surface area (Å²) in [5.74, 6) is 0.519. The molecule has 8 heteroatoms. The van der Waals surface area contributed by atoms with Gasteiger partial charge in [0.15, 0.2) is 5.96 Å². The van der Waals surface area contributed by atoms with Gasteiger partial charge in [0.05, 0.1) is 5.69 Å². The summed E-state index contributed by atoms with van der Waals surface area (Å²) in [6, 6.07) is 6.77. The van der Waals surface area contributed by atoms with Gasteiger partial charge in [0.1, 0.15) is 12.4 Å². The fraction of sp³-hybridized carbons (Fsp3) is 0.579. The molecule has 0 aliphatic carbocycles. The average Bonchev–Trinajstić information content (AvgIpc) is 3.18. The van der Waals surface area contributed by atoms with Crippen LogP contribution in [-0.2, 0) is 4.79 Å². The second-order valence-electron chi connectivity index (χ2n) is 6.44. The van der Waals surface area contributed by atoms with E-state index in [-0.39, 0.29) is 42.2 Å². The Morgan fingerprint density at radius 1 is 1.26 bits per heavy atom. The van der Waals surface area contributed by atoms with Crippen LogP contribution in [0.25, 0.3) is 0 Å². The molecule has 1 fully saturated rings. The largest absolute Gasteiger partial charge is 0.372 e. The minimum absolute atomic E-state index is 0. The van der Waals surface area contributed by atoms with Crippen LogP contribution in [-0.4, -0.2) is 63.1 Å². The summed E-state index contributed by atoms with van der Waals surface area (Å²) < 4.78 is 13.8. The van der Waals surface area contributed by atoms with Gasteiger partial charge in [-0.2, -0.15) is 0 Å². The van der Waals surface area contributed by atoms with Crippen molar-refractivity contribution in [2.45, 2.75) is 26.2 Å². The lowest BCUT2D eigenvalue weighted by molar-refractivity contribution is -0.128. The van der Waals surface area contributed by atoms with Gasteiger partial charge >= 0.3 is 0 Å². The van der Waals surface area contributed by atoms with Crippen LogP contribution < -0.4 is 15.5 Å². The number of guanidine groups is 1. The van der Waals surface area contributed by atoms with Gasteiger partial charge in [0.2, 0.25) is 5.91 Å². The molecule has 0 spiro atoms. The summed E-state index contributed by atoms with van der Waals surface area (Å²) in [7, 11) is 1.88. The highest BCUT2D eigenvalue weighted by Gasteiger charge is 2.17. The number of para-hydroxylation sites is 1. The first-order chi connectivity index (χ1) is 12.6. The molecule has 1 amide bonds. The highest BCUT2D eigenvalue weighted by Crippen LogP contribution is 2.16. The molecule has 0 saturated carbocycles. The Balaban J connectivity index is 0.00000364. The van der Waals surface area contributed by atoms with E-state index < -0.39 is 0 Å². The molecule has 0 bridgehead atoms.